The molecule has 0 saturated carbocycles. The summed E-state index contributed by atoms with van der Waals surface area (Å²) in [6.07, 6.45) is 0. The SMILES string of the molecule is CN(Cc1csc(Br)c1)S(=O)(=O)c1ccc(CO)cc1. The fourth-order valence-corrected chi connectivity index (χ4v) is 4.08. The summed E-state index contributed by atoms with van der Waals surface area (Å²) >= 11 is 4.89. The zero-order valence-electron chi connectivity index (χ0n) is 10.8. The van der Waals surface area contributed by atoms with E-state index in [1.54, 1.807) is 19.2 Å². The lowest BCUT2D eigenvalue weighted by Crippen LogP contribution is -2.26. The van der Waals surface area contributed by atoms with Crippen molar-refractivity contribution in [3.05, 3.63) is 50.6 Å². The Morgan fingerprint density at radius 2 is 1.90 bits per heavy atom. The van der Waals surface area contributed by atoms with Crippen LogP contribution in [0, 0.1) is 0 Å². The van der Waals surface area contributed by atoms with Crippen LogP contribution in [0.2, 0.25) is 0 Å². The van der Waals surface area contributed by atoms with Gasteiger partial charge in [0.15, 0.2) is 0 Å². The summed E-state index contributed by atoms with van der Waals surface area (Å²) in [6.45, 7) is 0.227. The second-order valence-corrected chi connectivity index (χ2v) is 8.66. The fraction of sp³-hybridized carbons (Fsp3) is 0.231. The fourth-order valence-electron chi connectivity index (χ4n) is 1.72. The lowest BCUT2D eigenvalue weighted by atomic mass is 10.2. The van der Waals surface area contributed by atoms with Crippen LogP contribution >= 0.6 is 27.3 Å². The number of benzene rings is 1. The van der Waals surface area contributed by atoms with Gasteiger partial charge in [0.05, 0.1) is 15.3 Å². The highest BCUT2D eigenvalue weighted by molar-refractivity contribution is 9.11. The number of thiophene rings is 1. The summed E-state index contributed by atoms with van der Waals surface area (Å²) in [5, 5.41) is 10.9. The molecule has 2 aromatic rings. The Morgan fingerprint density at radius 3 is 2.40 bits per heavy atom. The minimum absolute atomic E-state index is 0.0981. The Bertz CT molecular complexity index is 680. The largest absolute Gasteiger partial charge is 0.392 e. The Balaban J connectivity index is 2.19. The Morgan fingerprint density at radius 1 is 1.25 bits per heavy atom. The smallest absolute Gasteiger partial charge is 0.243 e. The monoisotopic (exact) mass is 375 g/mol. The molecule has 1 aromatic heterocycles. The van der Waals surface area contributed by atoms with E-state index in [2.05, 4.69) is 15.9 Å². The molecule has 0 amide bonds. The minimum atomic E-state index is -3.51. The van der Waals surface area contributed by atoms with Gasteiger partial charge in [0.25, 0.3) is 0 Å². The van der Waals surface area contributed by atoms with Gasteiger partial charge in [-0.1, -0.05) is 12.1 Å². The van der Waals surface area contributed by atoms with E-state index in [0.29, 0.717) is 12.1 Å². The first-order chi connectivity index (χ1) is 9.43. The maximum Gasteiger partial charge on any atom is 0.243 e. The molecule has 108 valence electrons. The van der Waals surface area contributed by atoms with Crippen molar-refractivity contribution < 1.29 is 13.5 Å². The second-order valence-electron chi connectivity index (χ2n) is 4.32. The molecule has 0 aliphatic heterocycles. The van der Waals surface area contributed by atoms with Gasteiger partial charge in [-0.05, 0) is 50.6 Å². The molecule has 0 spiro atoms. The Hall–Kier alpha value is -0.730. The van der Waals surface area contributed by atoms with Crippen LogP contribution < -0.4 is 0 Å². The standard InChI is InChI=1S/C13H14BrNO3S2/c1-15(7-11-6-13(14)19-9-11)20(17,18)12-4-2-10(8-16)3-5-12/h2-6,9,16H,7-8H2,1H3. The first-order valence-corrected chi connectivity index (χ1v) is 8.94. The van der Waals surface area contributed by atoms with E-state index in [-0.39, 0.29) is 11.5 Å². The molecule has 7 heteroatoms. The summed E-state index contributed by atoms with van der Waals surface area (Å²) < 4.78 is 27.1. The number of nitrogens with zero attached hydrogens (tertiary/aromatic N) is 1. The maximum absolute atomic E-state index is 12.4. The summed E-state index contributed by atoms with van der Waals surface area (Å²) in [6, 6.07) is 8.16. The normalized spacial score (nSPS) is 12.0. The first-order valence-electron chi connectivity index (χ1n) is 5.82. The second kappa shape index (κ2) is 6.36. The third-order valence-corrected chi connectivity index (χ3v) is 6.21. The van der Waals surface area contributed by atoms with Crippen molar-refractivity contribution in [1.29, 1.82) is 0 Å². The number of hydrogen-bond donors (Lipinski definition) is 1. The van der Waals surface area contributed by atoms with Crippen LogP contribution in [0.5, 0.6) is 0 Å². The molecular formula is C13H14BrNO3S2. The molecule has 0 unspecified atom stereocenters. The molecule has 0 atom stereocenters. The van der Waals surface area contributed by atoms with Crippen molar-refractivity contribution in [2.75, 3.05) is 7.05 Å². The van der Waals surface area contributed by atoms with Crippen LogP contribution in [0.1, 0.15) is 11.1 Å². The van der Waals surface area contributed by atoms with E-state index in [0.717, 1.165) is 9.35 Å². The lowest BCUT2D eigenvalue weighted by Gasteiger charge is -2.16. The molecule has 1 N–H and O–H groups in total. The molecule has 0 saturated heterocycles. The van der Waals surface area contributed by atoms with Crippen molar-refractivity contribution in [3.8, 4) is 0 Å². The minimum Gasteiger partial charge on any atom is -0.392 e. The summed E-state index contributed by atoms with van der Waals surface area (Å²) in [5.74, 6) is 0. The Kier molecular flexibility index (Phi) is 4.98. The maximum atomic E-state index is 12.4. The topological polar surface area (TPSA) is 57.6 Å². The van der Waals surface area contributed by atoms with Crippen LogP contribution in [0.25, 0.3) is 0 Å². The molecule has 20 heavy (non-hydrogen) atoms. The van der Waals surface area contributed by atoms with E-state index in [9.17, 15) is 8.42 Å². The molecule has 1 aromatic carbocycles. The third-order valence-electron chi connectivity index (χ3n) is 2.84. The predicted octanol–water partition coefficient (Wildman–Crippen LogP) is 2.82. The predicted molar refractivity (Wildman–Crippen MR) is 83.0 cm³/mol. The van der Waals surface area contributed by atoms with Crippen LogP contribution in [0.3, 0.4) is 0 Å². The molecule has 0 aliphatic rings. The molecule has 4 nitrogen and oxygen atoms in total. The van der Waals surface area contributed by atoms with Gasteiger partial charge in [-0.25, -0.2) is 8.42 Å². The van der Waals surface area contributed by atoms with E-state index < -0.39 is 10.0 Å². The van der Waals surface area contributed by atoms with Gasteiger partial charge >= 0.3 is 0 Å². The zero-order valence-corrected chi connectivity index (χ0v) is 14.0. The van der Waals surface area contributed by atoms with Gasteiger partial charge in [-0.15, -0.1) is 11.3 Å². The van der Waals surface area contributed by atoms with Gasteiger partial charge < -0.3 is 5.11 Å². The van der Waals surface area contributed by atoms with Gasteiger partial charge in [0.1, 0.15) is 0 Å². The van der Waals surface area contributed by atoms with Crippen LogP contribution in [0.15, 0.2) is 44.4 Å². The molecular weight excluding hydrogens is 362 g/mol. The van der Waals surface area contributed by atoms with Crippen molar-refractivity contribution in [1.82, 2.24) is 4.31 Å². The van der Waals surface area contributed by atoms with Crippen molar-refractivity contribution in [3.63, 3.8) is 0 Å². The average molecular weight is 376 g/mol. The number of halogens is 1. The number of aliphatic hydroxyl groups excluding tert-OH is 1. The van der Waals surface area contributed by atoms with Crippen LogP contribution in [-0.4, -0.2) is 24.9 Å². The van der Waals surface area contributed by atoms with Gasteiger partial charge in [0, 0.05) is 13.6 Å². The molecule has 0 fully saturated rings. The zero-order chi connectivity index (χ0) is 14.8. The van der Waals surface area contributed by atoms with Gasteiger partial charge in [0.2, 0.25) is 10.0 Å². The van der Waals surface area contributed by atoms with Crippen molar-refractivity contribution >= 4 is 37.3 Å². The molecule has 0 bridgehead atoms. The highest BCUT2D eigenvalue weighted by Gasteiger charge is 2.21. The molecule has 2 rings (SSSR count). The number of aliphatic hydroxyl groups is 1. The summed E-state index contributed by atoms with van der Waals surface area (Å²) in [4.78, 5) is 0.228. The number of hydrogen-bond acceptors (Lipinski definition) is 4. The van der Waals surface area contributed by atoms with E-state index >= 15 is 0 Å². The molecule has 1 heterocycles. The van der Waals surface area contributed by atoms with Crippen LogP contribution in [-0.2, 0) is 23.2 Å². The van der Waals surface area contributed by atoms with Crippen molar-refractivity contribution in [2.45, 2.75) is 18.0 Å². The lowest BCUT2D eigenvalue weighted by molar-refractivity contribution is 0.281. The highest BCUT2D eigenvalue weighted by Crippen LogP contribution is 2.23. The van der Waals surface area contributed by atoms with Crippen LogP contribution in [0.4, 0.5) is 0 Å². The van der Waals surface area contributed by atoms with E-state index in [1.807, 2.05) is 11.4 Å². The highest BCUT2D eigenvalue weighted by atomic mass is 79.9. The Labute approximate surface area is 130 Å². The van der Waals surface area contributed by atoms with Crippen molar-refractivity contribution in [2.24, 2.45) is 0 Å². The molecule has 0 radical (unpaired) electrons. The quantitative estimate of drug-likeness (QED) is 0.873. The number of rotatable bonds is 5. The molecule has 0 aliphatic carbocycles. The van der Waals surface area contributed by atoms with E-state index in [1.165, 1.54) is 27.8 Å². The average Bonchev–Trinajstić information content (AvgIpc) is 2.84. The summed E-state index contributed by atoms with van der Waals surface area (Å²) in [7, 11) is -1.96. The first kappa shape index (κ1) is 15.7. The third kappa shape index (κ3) is 3.48. The van der Waals surface area contributed by atoms with Gasteiger partial charge in [-0.3, -0.25) is 0 Å². The summed E-state index contributed by atoms with van der Waals surface area (Å²) in [5.41, 5.74) is 1.63. The van der Waals surface area contributed by atoms with E-state index in [4.69, 9.17) is 5.11 Å². The number of sulfonamides is 1. The van der Waals surface area contributed by atoms with Gasteiger partial charge in [-0.2, -0.15) is 4.31 Å².